The van der Waals surface area contributed by atoms with Gasteiger partial charge in [-0.1, -0.05) is 29.8 Å². The minimum Gasteiger partial charge on any atom is -0.343 e. The molecule has 1 atom stereocenters. The van der Waals surface area contributed by atoms with Crippen LogP contribution in [0, 0.1) is 0 Å². The van der Waals surface area contributed by atoms with Crippen LogP contribution in [0.3, 0.4) is 0 Å². The topological polar surface area (TPSA) is 29.9 Å². The van der Waals surface area contributed by atoms with Gasteiger partial charge in [-0.15, -0.1) is 0 Å². The summed E-state index contributed by atoms with van der Waals surface area (Å²) in [4.78, 5) is 4.22. The molecule has 3 nitrogen and oxygen atoms in total. The molecule has 0 radical (unpaired) electrons. The standard InChI is InChI=1S/C19H20ClN3/c1-13-10-18-16(12-22-13)15-5-2-6-17(20)19(15)23(18)9-7-14-4-3-8-21-11-14/h2-6,8,11,13,22H,7,9-10,12H2,1H3. The van der Waals surface area contributed by atoms with Crippen LogP contribution in [0.1, 0.15) is 23.7 Å². The maximum Gasteiger partial charge on any atom is 0.0675 e. The van der Waals surface area contributed by atoms with Gasteiger partial charge in [-0.05, 0) is 36.6 Å². The normalized spacial score (nSPS) is 17.4. The summed E-state index contributed by atoms with van der Waals surface area (Å²) < 4.78 is 2.43. The Balaban J connectivity index is 1.79. The van der Waals surface area contributed by atoms with E-state index in [1.54, 1.807) is 0 Å². The highest BCUT2D eigenvalue weighted by Gasteiger charge is 2.23. The predicted molar refractivity (Wildman–Crippen MR) is 94.9 cm³/mol. The van der Waals surface area contributed by atoms with E-state index in [-0.39, 0.29) is 0 Å². The van der Waals surface area contributed by atoms with Crippen molar-refractivity contribution in [3.8, 4) is 0 Å². The number of halogens is 1. The Morgan fingerprint density at radius 3 is 3.04 bits per heavy atom. The third-order valence-corrected chi connectivity index (χ3v) is 5.03. The summed E-state index contributed by atoms with van der Waals surface area (Å²) in [6.07, 6.45) is 5.79. The van der Waals surface area contributed by atoms with E-state index in [2.05, 4.69) is 40.0 Å². The fraction of sp³-hybridized carbons (Fsp3) is 0.316. The molecule has 3 aromatic rings. The van der Waals surface area contributed by atoms with Crippen molar-refractivity contribution in [1.29, 1.82) is 0 Å². The molecule has 4 heteroatoms. The molecule has 0 amide bonds. The van der Waals surface area contributed by atoms with Crippen molar-refractivity contribution in [3.05, 3.63) is 64.6 Å². The highest BCUT2D eigenvalue weighted by atomic mass is 35.5. The minimum absolute atomic E-state index is 0.503. The number of aromatic nitrogens is 2. The van der Waals surface area contributed by atoms with E-state index < -0.39 is 0 Å². The van der Waals surface area contributed by atoms with Gasteiger partial charge in [0, 0.05) is 49.0 Å². The molecule has 23 heavy (non-hydrogen) atoms. The molecule has 1 N–H and O–H groups in total. The Labute approximate surface area is 141 Å². The van der Waals surface area contributed by atoms with Gasteiger partial charge < -0.3 is 9.88 Å². The summed E-state index contributed by atoms with van der Waals surface area (Å²) in [5.41, 5.74) is 5.28. The van der Waals surface area contributed by atoms with Gasteiger partial charge >= 0.3 is 0 Å². The van der Waals surface area contributed by atoms with Gasteiger partial charge in [0.05, 0.1) is 10.5 Å². The molecule has 1 aromatic carbocycles. The maximum absolute atomic E-state index is 6.55. The van der Waals surface area contributed by atoms with E-state index in [0.717, 1.165) is 31.0 Å². The lowest BCUT2D eigenvalue weighted by Gasteiger charge is -2.23. The van der Waals surface area contributed by atoms with E-state index >= 15 is 0 Å². The number of para-hydroxylation sites is 1. The van der Waals surface area contributed by atoms with E-state index in [4.69, 9.17) is 11.6 Å². The largest absolute Gasteiger partial charge is 0.343 e. The van der Waals surface area contributed by atoms with Gasteiger partial charge in [0.2, 0.25) is 0 Å². The molecule has 118 valence electrons. The quantitative estimate of drug-likeness (QED) is 0.789. The lowest BCUT2D eigenvalue weighted by Crippen LogP contribution is -2.33. The Morgan fingerprint density at radius 2 is 2.22 bits per heavy atom. The summed E-state index contributed by atoms with van der Waals surface area (Å²) in [5.74, 6) is 0. The van der Waals surface area contributed by atoms with Gasteiger partial charge in [-0.3, -0.25) is 4.98 Å². The van der Waals surface area contributed by atoms with Gasteiger partial charge in [-0.25, -0.2) is 0 Å². The maximum atomic E-state index is 6.55. The number of aryl methyl sites for hydroxylation is 2. The van der Waals surface area contributed by atoms with E-state index in [0.29, 0.717) is 6.04 Å². The number of benzene rings is 1. The van der Waals surface area contributed by atoms with Gasteiger partial charge in [0.25, 0.3) is 0 Å². The molecular formula is C19H20ClN3. The lowest BCUT2D eigenvalue weighted by molar-refractivity contribution is 0.492. The number of pyridine rings is 1. The summed E-state index contributed by atoms with van der Waals surface area (Å²) in [6, 6.07) is 10.9. The first-order valence-corrected chi connectivity index (χ1v) is 8.52. The van der Waals surface area contributed by atoms with Crippen molar-refractivity contribution in [1.82, 2.24) is 14.9 Å². The molecule has 4 rings (SSSR count). The van der Waals surface area contributed by atoms with Crippen LogP contribution in [0.4, 0.5) is 0 Å². The molecule has 0 saturated heterocycles. The zero-order valence-electron chi connectivity index (χ0n) is 13.2. The zero-order valence-corrected chi connectivity index (χ0v) is 14.0. The summed E-state index contributed by atoms with van der Waals surface area (Å²) >= 11 is 6.55. The smallest absolute Gasteiger partial charge is 0.0675 e. The van der Waals surface area contributed by atoms with Crippen LogP contribution >= 0.6 is 11.6 Å². The Kier molecular flexibility index (Phi) is 3.83. The monoisotopic (exact) mass is 325 g/mol. The number of fused-ring (bicyclic) bond motifs is 3. The molecule has 0 bridgehead atoms. The van der Waals surface area contributed by atoms with Crippen molar-refractivity contribution in [2.75, 3.05) is 0 Å². The Hall–Kier alpha value is -1.84. The first-order chi connectivity index (χ1) is 11.2. The minimum atomic E-state index is 0.503. The number of hydrogen-bond acceptors (Lipinski definition) is 2. The van der Waals surface area contributed by atoms with Gasteiger partial charge in [0.15, 0.2) is 0 Å². The third-order valence-electron chi connectivity index (χ3n) is 4.73. The second-order valence-corrected chi connectivity index (χ2v) is 6.72. The van der Waals surface area contributed by atoms with Crippen LogP contribution in [-0.2, 0) is 25.9 Å². The third kappa shape index (κ3) is 2.64. The van der Waals surface area contributed by atoms with Crippen LogP contribution in [0.15, 0.2) is 42.7 Å². The highest BCUT2D eigenvalue weighted by molar-refractivity contribution is 6.35. The number of hydrogen-bond donors (Lipinski definition) is 1. The summed E-state index contributed by atoms with van der Waals surface area (Å²) in [5, 5.41) is 5.70. The molecule has 0 aliphatic carbocycles. The second-order valence-electron chi connectivity index (χ2n) is 6.31. The second kappa shape index (κ2) is 5.99. The van der Waals surface area contributed by atoms with E-state index in [9.17, 15) is 0 Å². The van der Waals surface area contributed by atoms with Crippen molar-refractivity contribution in [3.63, 3.8) is 0 Å². The lowest BCUT2D eigenvalue weighted by atomic mass is 10.0. The van der Waals surface area contributed by atoms with E-state index in [1.165, 1.54) is 27.7 Å². The van der Waals surface area contributed by atoms with Crippen LogP contribution in [0.2, 0.25) is 5.02 Å². The fourth-order valence-electron chi connectivity index (χ4n) is 3.59. The SMILES string of the molecule is CC1Cc2c(c3cccc(Cl)c3n2CCc2cccnc2)CN1. The molecular weight excluding hydrogens is 306 g/mol. The number of nitrogens with zero attached hydrogens (tertiary/aromatic N) is 2. The molecule has 1 aliphatic rings. The number of nitrogens with one attached hydrogen (secondary N) is 1. The molecule has 3 heterocycles. The van der Waals surface area contributed by atoms with Crippen LogP contribution in [-0.4, -0.2) is 15.6 Å². The zero-order chi connectivity index (χ0) is 15.8. The fourth-order valence-corrected chi connectivity index (χ4v) is 3.87. The molecule has 1 aliphatic heterocycles. The average Bonchev–Trinajstić information content (AvgIpc) is 2.88. The van der Waals surface area contributed by atoms with Crippen LogP contribution in [0.25, 0.3) is 10.9 Å². The molecule has 1 unspecified atom stereocenters. The number of rotatable bonds is 3. The molecule has 0 saturated carbocycles. The first-order valence-electron chi connectivity index (χ1n) is 8.15. The summed E-state index contributed by atoms with van der Waals surface area (Å²) in [7, 11) is 0. The highest BCUT2D eigenvalue weighted by Crippen LogP contribution is 2.34. The Bertz CT molecular complexity index is 839. The van der Waals surface area contributed by atoms with E-state index in [1.807, 2.05) is 24.5 Å². The first kappa shape index (κ1) is 14.7. The van der Waals surface area contributed by atoms with Crippen molar-refractivity contribution in [2.24, 2.45) is 0 Å². The average molecular weight is 326 g/mol. The van der Waals surface area contributed by atoms with Crippen LogP contribution < -0.4 is 5.32 Å². The summed E-state index contributed by atoms with van der Waals surface area (Å²) in [6.45, 7) is 4.11. The Morgan fingerprint density at radius 1 is 1.30 bits per heavy atom. The molecule has 0 spiro atoms. The van der Waals surface area contributed by atoms with Crippen molar-refractivity contribution >= 4 is 22.5 Å². The van der Waals surface area contributed by atoms with Crippen molar-refractivity contribution < 1.29 is 0 Å². The van der Waals surface area contributed by atoms with Crippen molar-refractivity contribution in [2.45, 2.75) is 38.9 Å². The van der Waals surface area contributed by atoms with Crippen LogP contribution in [0.5, 0.6) is 0 Å². The van der Waals surface area contributed by atoms with Gasteiger partial charge in [0.1, 0.15) is 0 Å². The molecule has 2 aromatic heterocycles. The van der Waals surface area contributed by atoms with Gasteiger partial charge in [-0.2, -0.15) is 0 Å². The predicted octanol–water partition coefficient (Wildman–Crippen LogP) is 3.97. The molecule has 0 fully saturated rings.